The minimum absolute atomic E-state index is 0.145. The summed E-state index contributed by atoms with van der Waals surface area (Å²) in [4.78, 5) is 26.5. The lowest BCUT2D eigenvalue weighted by Gasteiger charge is -2.20. The van der Waals surface area contributed by atoms with Crippen molar-refractivity contribution in [1.82, 2.24) is 24.4 Å². The molecule has 9 nitrogen and oxygen atoms in total. The smallest absolute Gasteiger partial charge is 0.246 e. The highest BCUT2D eigenvalue weighted by Crippen LogP contribution is 2.29. The second-order valence-corrected chi connectivity index (χ2v) is 9.73. The van der Waals surface area contributed by atoms with E-state index in [1.165, 1.54) is 0 Å². The van der Waals surface area contributed by atoms with Crippen molar-refractivity contribution in [2.75, 3.05) is 13.2 Å². The van der Waals surface area contributed by atoms with Gasteiger partial charge in [0, 0.05) is 52.5 Å². The second-order valence-electron chi connectivity index (χ2n) is 8.89. The fraction of sp³-hybridized carbons (Fsp3) is 0.259. The van der Waals surface area contributed by atoms with E-state index < -0.39 is 6.10 Å². The van der Waals surface area contributed by atoms with Crippen molar-refractivity contribution in [2.24, 2.45) is 5.16 Å². The van der Waals surface area contributed by atoms with Crippen LogP contribution in [0.1, 0.15) is 29.5 Å². The van der Waals surface area contributed by atoms with E-state index in [-0.39, 0.29) is 18.6 Å². The monoisotopic (exact) mass is 552 g/mol. The van der Waals surface area contributed by atoms with Gasteiger partial charge in [-0.3, -0.25) is 4.79 Å². The maximum atomic E-state index is 12.6. The molecule has 0 radical (unpaired) electrons. The number of imidazole rings is 2. The summed E-state index contributed by atoms with van der Waals surface area (Å²) in [5.41, 5.74) is 3.58. The van der Waals surface area contributed by atoms with Crippen molar-refractivity contribution in [3.63, 3.8) is 0 Å². The summed E-state index contributed by atoms with van der Waals surface area (Å²) in [7, 11) is 0. The fourth-order valence-corrected chi connectivity index (χ4v) is 4.75. The molecule has 5 rings (SSSR count). The van der Waals surface area contributed by atoms with Gasteiger partial charge in [-0.15, -0.1) is 0 Å². The summed E-state index contributed by atoms with van der Waals surface area (Å²) in [5, 5.41) is 8.10. The zero-order valence-electron chi connectivity index (χ0n) is 20.6. The molecule has 0 spiro atoms. The predicted octanol–water partition coefficient (Wildman–Crippen LogP) is 4.75. The number of oxime groups is 1. The van der Waals surface area contributed by atoms with Crippen LogP contribution in [0.25, 0.3) is 5.69 Å². The quantitative estimate of drug-likeness (QED) is 0.306. The molecule has 0 fully saturated rings. The van der Waals surface area contributed by atoms with Gasteiger partial charge in [0.25, 0.3) is 0 Å². The highest BCUT2D eigenvalue weighted by atomic mass is 35.5. The third-order valence-electron chi connectivity index (χ3n) is 6.23. The molecule has 0 bridgehead atoms. The van der Waals surface area contributed by atoms with E-state index in [0.717, 1.165) is 28.4 Å². The van der Waals surface area contributed by atoms with Gasteiger partial charge >= 0.3 is 0 Å². The highest BCUT2D eigenvalue weighted by Gasteiger charge is 2.24. The first-order chi connectivity index (χ1) is 18.5. The van der Waals surface area contributed by atoms with Gasteiger partial charge < -0.3 is 24.0 Å². The van der Waals surface area contributed by atoms with Crippen molar-refractivity contribution >= 4 is 34.8 Å². The third-order valence-corrected chi connectivity index (χ3v) is 6.79. The first-order valence-corrected chi connectivity index (χ1v) is 12.8. The first-order valence-electron chi connectivity index (χ1n) is 12.1. The topological polar surface area (TPSA) is 95.6 Å². The molecule has 1 aliphatic rings. The maximum Gasteiger partial charge on any atom is 0.246 e. The first kappa shape index (κ1) is 26.0. The summed E-state index contributed by atoms with van der Waals surface area (Å²) in [6.07, 6.45) is 8.75. The average molecular weight is 553 g/mol. The molecule has 1 amide bonds. The van der Waals surface area contributed by atoms with Gasteiger partial charge in [-0.25, -0.2) is 9.97 Å². The zero-order valence-corrected chi connectivity index (χ0v) is 22.1. The number of hydrogen-bond acceptors (Lipinski definition) is 6. The van der Waals surface area contributed by atoms with Crippen LogP contribution in [0.2, 0.25) is 10.0 Å². The molecule has 38 heavy (non-hydrogen) atoms. The van der Waals surface area contributed by atoms with Crippen LogP contribution in [0.4, 0.5) is 0 Å². The maximum absolute atomic E-state index is 12.6. The SMILES string of the molecule is Cc1nccn1-c1ccc(C2=NOC(CNC(=O)COC(Cn3ccnc3)c3ccc(Cl)cc3Cl)C2)cc1. The van der Waals surface area contributed by atoms with E-state index in [1.807, 2.05) is 52.7 Å². The lowest BCUT2D eigenvalue weighted by Crippen LogP contribution is -2.35. The summed E-state index contributed by atoms with van der Waals surface area (Å²) >= 11 is 12.5. The van der Waals surface area contributed by atoms with E-state index in [4.69, 9.17) is 32.8 Å². The van der Waals surface area contributed by atoms with Crippen LogP contribution in [0.5, 0.6) is 0 Å². The van der Waals surface area contributed by atoms with Gasteiger partial charge in [-0.05, 0) is 36.8 Å². The molecule has 11 heteroatoms. The number of nitrogens with one attached hydrogen (secondary N) is 1. The molecular formula is C27H26Cl2N6O3. The molecule has 4 aromatic rings. The molecular weight excluding hydrogens is 527 g/mol. The number of ether oxygens (including phenoxy) is 1. The van der Waals surface area contributed by atoms with Crippen LogP contribution < -0.4 is 5.32 Å². The molecule has 0 saturated heterocycles. The summed E-state index contributed by atoms with van der Waals surface area (Å²) < 4.78 is 9.85. The standard InChI is InChI=1S/C27H26Cl2N6O3/c1-18-31-9-11-35(18)21-5-2-19(3-6-21)25-13-22(38-33-25)14-32-27(36)16-37-26(15-34-10-8-30-17-34)23-7-4-20(28)12-24(23)29/h2-12,17,22,26H,13-16H2,1H3,(H,32,36). The van der Waals surface area contributed by atoms with E-state index in [9.17, 15) is 4.79 Å². The fourth-order valence-electron chi connectivity index (χ4n) is 4.22. The van der Waals surface area contributed by atoms with Gasteiger partial charge in [-0.1, -0.05) is 46.6 Å². The van der Waals surface area contributed by atoms with E-state index in [2.05, 4.69) is 20.4 Å². The Balaban J connectivity index is 1.12. The van der Waals surface area contributed by atoms with Crippen molar-refractivity contribution < 1.29 is 14.4 Å². The van der Waals surface area contributed by atoms with Gasteiger partial charge in [-0.2, -0.15) is 0 Å². The lowest BCUT2D eigenvalue weighted by molar-refractivity contribution is -0.128. The minimum atomic E-state index is -0.466. The number of amides is 1. The second kappa shape index (κ2) is 11.8. The molecule has 0 saturated carbocycles. The molecule has 3 heterocycles. The van der Waals surface area contributed by atoms with E-state index in [1.54, 1.807) is 36.9 Å². The number of rotatable bonds is 10. The van der Waals surface area contributed by atoms with Crippen molar-refractivity contribution in [3.05, 3.63) is 101 Å². The lowest BCUT2D eigenvalue weighted by atomic mass is 10.0. The van der Waals surface area contributed by atoms with Gasteiger partial charge in [0.15, 0.2) is 0 Å². The van der Waals surface area contributed by atoms with Crippen LogP contribution in [-0.2, 0) is 20.9 Å². The number of hydrogen-bond donors (Lipinski definition) is 1. The predicted molar refractivity (Wildman–Crippen MR) is 145 cm³/mol. The molecule has 1 aliphatic heterocycles. The van der Waals surface area contributed by atoms with Crippen LogP contribution >= 0.6 is 23.2 Å². The highest BCUT2D eigenvalue weighted by molar-refractivity contribution is 6.35. The van der Waals surface area contributed by atoms with Crippen molar-refractivity contribution in [3.8, 4) is 5.69 Å². The Kier molecular flexibility index (Phi) is 8.07. The van der Waals surface area contributed by atoms with Crippen LogP contribution in [0.15, 0.2) is 78.7 Å². The molecule has 2 aromatic carbocycles. The normalized spacial score (nSPS) is 15.7. The Morgan fingerprint density at radius 2 is 2.03 bits per heavy atom. The van der Waals surface area contributed by atoms with Crippen LogP contribution in [0, 0.1) is 6.92 Å². The molecule has 2 unspecified atom stereocenters. The Hall–Kier alpha value is -3.66. The zero-order chi connectivity index (χ0) is 26.5. The molecule has 2 atom stereocenters. The summed E-state index contributed by atoms with van der Waals surface area (Å²) in [6.45, 7) is 2.57. The summed E-state index contributed by atoms with van der Waals surface area (Å²) in [5.74, 6) is 0.659. The Morgan fingerprint density at radius 1 is 1.18 bits per heavy atom. The van der Waals surface area contributed by atoms with Gasteiger partial charge in [0.05, 0.1) is 25.1 Å². The Bertz CT molecular complexity index is 1420. The van der Waals surface area contributed by atoms with Gasteiger partial charge in [0.1, 0.15) is 24.6 Å². The van der Waals surface area contributed by atoms with Crippen molar-refractivity contribution in [1.29, 1.82) is 0 Å². The molecule has 1 N–H and O–H groups in total. The van der Waals surface area contributed by atoms with Crippen LogP contribution in [0.3, 0.4) is 0 Å². The minimum Gasteiger partial charge on any atom is -0.390 e. The number of halogens is 2. The summed E-state index contributed by atoms with van der Waals surface area (Å²) in [6, 6.07) is 13.3. The number of benzene rings is 2. The van der Waals surface area contributed by atoms with Gasteiger partial charge in [0.2, 0.25) is 5.91 Å². The number of aryl methyl sites for hydroxylation is 1. The molecule has 2 aromatic heterocycles. The number of carbonyl (C=O) groups is 1. The average Bonchev–Trinajstić information content (AvgIpc) is 3.68. The van der Waals surface area contributed by atoms with Crippen LogP contribution in [-0.4, -0.2) is 50.0 Å². The third kappa shape index (κ3) is 6.24. The Morgan fingerprint density at radius 3 is 2.74 bits per heavy atom. The molecule has 0 aliphatic carbocycles. The van der Waals surface area contributed by atoms with E-state index >= 15 is 0 Å². The Labute approximate surface area is 230 Å². The number of nitrogens with zero attached hydrogens (tertiary/aromatic N) is 5. The molecule has 196 valence electrons. The number of carbonyl (C=O) groups excluding carboxylic acids is 1. The van der Waals surface area contributed by atoms with Crippen molar-refractivity contribution in [2.45, 2.75) is 32.1 Å². The largest absolute Gasteiger partial charge is 0.390 e. The number of aromatic nitrogens is 4. The van der Waals surface area contributed by atoms with E-state index in [0.29, 0.717) is 29.6 Å².